The molecule has 0 radical (unpaired) electrons. The molecule has 1 atom stereocenters. The fraction of sp³-hybridized carbons (Fsp3) is 0.154. The first-order valence-electron chi connectivity index (χ1n) is 5.45. The molecule has 0 saturated heterocycles. The van der Waals surface area contributed by atoms with E-state index in [1.807, 2.05) is 6.07 Å². The maximum atomic E-state index is 13.5. The Balaban J connectivity index is 2.19. The normalized spacial score (nSPS) is 11.9. The molecular weight excluding hydrogens is 287 g/mol. The summed E-state index contributed by atoms with van der Waals surface area (Å²) >= 11 is 7.22. The number of thiophene rings is 1. The molecule has 2 rings (SSSR count). The van der Waals surface area contributed by atoms with Gasteiger partial charge in [-0.2, -0.15) is 5.26 Å². The van der Waals surface area contributed by atoms with Gasteiger partial charge in [0.05, 0.1) is 9.90 Å². The first kappa shape index (κ1) is 13.8. The molecule has 0 bridgehead atoms. The molecule has 0 aliphatic carbocycles. The van der Waals surface area contributed by atoms with E-state index < -0.39 is 5.82 Å². The predicted octanol–water partition coefficient (Wildman–Crippen LogP) is 3.49. The number of benzene rings is 1. The molecule has 0 saturated carbocycles. The van der Waals surface area contributed by atoms with E-state index >= 15 is 0 Å². The van der Waals surface area contributed by atoms with Gasteiger partial charge in [0.15, 0.2) is 0 Å². The molecule has 6 heteroatoms. The summed E-state index contributed by atoms with van der Waals surface area (Å²) in [5, 5.41) is 8.65. The smallest absolute Gasteiger partial charge is 0.145 e. The maximum absolute atomic E-state index is 13.5. The van der Waals surface area contributed by atoms with Gasteiger partial charge in [-0.3, -0.25) is 0 Å². The number of nitrogens with zero attached hydrogens (tertiary/aromatic N) is 1. The van der Waals surface area contributed by atoms with Gasteiger partial charge < -0.3 is 10.5 Å². The minimum Gasteiger partial charge on any atom is -0.483 e. The molecule has 0 fully saturated rings. The molecule has 2 aromatic rings. The SMILES string of the molecule is N#Cc1ccc(OC(CN)c2ccc(Cl)s2)cc1F. The molecule has 0 aliphatic rings. The third-order valence-electron chi connectivity index (χ3n) is 2.46. The van der Waals surface area contributed by atoms with E-state index in [0.717, 1.165) is 4.88 Å². The van der Waals surface area contributed by atoms with E-state index in [1.165, 1.54) is 23.5 Å². The Kier molecular flexibility index (Phi) is 4.38. The highest BCUT2D eigenvalue weighted by molar-refractivity contribution is 7.16. The van der Waals surface area contributed by atoms with Gasteiger partial charge in [-0.15, -0.1) is 11.3 Å². The zero-order chi connectivity index (χ0) is 13.8. The lowest BCUT2D eigenvalue weighted by molar-refractivity contribution is 0.217. The third kappa shape index (κ3) is 3.24. The van der Waals surface area contributed by atoms with Gasteiger partial charge in [-0.1, -0.05) is 11.6 Å². The Bertz CT molecular complexity index is 623. The average Bonchev–Trinajstić information content (AvgIpc) is 2.82. The summed E-state index contributed by atoms with van der Waals surface area (Å²) in [4.78, 5) is 0.872. The van der Waals surface area contributed by atoms with E-state index in [4.69, 9.17) is 27.3 Å². The van der Waals surface area contributed by atoms with Gasteiger partial charge in [-0.05, 0) is 24.3 Å². The molecule has 1 unspecified atom stereocenters. The fourth-order valence-corrected chi connectivity index (χ4v) is 2.65. The molecule has 1 aromatic carbocycles. The summed E-state index contributed by atoms with van der Waals surface area (Å²) in [5.41, 5.74) is 5.63. The van der Waals surface area contributed by atoms with Gasteiger partial charge in [-0.25, -0.2) is 4.39 Å². The van der Waals surface area contributed by atoms with E-state index in [0.29, 0.717) is 10.1 Å². The molecule has 19 heavy (non-hydrogen) atoms. The number of halogens is 2. The lowest BCUT2D eigenvalue weighted by Crippen LogP contribution is -2.17. The van der Waals surface area contributed by atoms with Gasteiger partial charge in [0.1, 0.15) is 23.7 Å². The summed E-state index contributed by atoms with van der Waals surface area (Å²) in [6.07, 6.45) is -0.384. The molecule has 0 spiro atoms. The van der Waals surface area contributed by atoms with Crippen molar-refractivity contribution in [1.82, 2.24) is 0 Å². The number of rotatable bonds is 4. The van der Waals surface area contributed by atoms with Crippen LogP contribution in [-0.4, -0.2) is 6.54 Å². The van der Waals surface area contributed by atoms with Crippen LogP contribution in [0, 0.1) is 17.1 Å². The van der Waals surface area contributed by atoms with Crippen molar-refractivity contribution < 1.29 is 9.13 Å². The van der Waals surface area contributed by atoms with Crippen LogP contribution >= 0.6 is 22.9 Å². The summed E-state index contributed by atoms with van der Waals surface area (Å²) in [5.74, 6) is -0.281. The third-order valence-corrected chi connectivity index (χ3v) is 3.79. The number of nitrogens with two attached hydrogens (primary N) is 1. The van der Waals surface area contributed by atoms with Crippen molar-refractivity contribution in [2.75, 3.05) is 6.54 Å². The molecule has 1 aromatic heterocycles. The quantitative estimate of drug-likeness (QED) is 0.939. The lowest BCUT2D eigenvalue weighted by atomic mass is 10.2. The number of ether oxygens (including phenoxy) is 1. The van der Waals surface area contributed by atoms with Crippen LogP contribution in [0.1, 0.15) is 16.5 Å². The van der Waals surface area contributed by atoms with Crippen molar-refractivity contribution in [1.29, 1.82) is 5.26 Å². The predicted molar refractivity (Wildman–Crippen MR) is 72.9 cm³/mol. The van der Waals surface area contributed by atoms with E-state index in [-0.39, 0.29) is 18.2 Å². The second-order valence-corrected chi connectivity index (χ2v) is 5.48. The van der Waals surface area contributed by atoms with Gasteiger partial charge in [0, 0.05) is 17.5 Å². The number of hydrogen-bond acceptors (Lipinski definition) is 4. The Morgan fingerprint density at radius 3 is 2.74 bits per heavy atom. The maximum Gasteiger partial charge on any atom is 0.145 e. The van der Waals surface area contributed by atoms with Crippen LogP contribution in [0.2, 0.25) is 4.34 Å². The zero-order valence-corrected chi connectivity index (χ0v) is 11.3. The fourth-order valence-electron chi connectivity index (χ4n) is 1.55. The highest BCUT2D eigenvalue weighted by Crippen LogP contribution is 2.30. The van der Waals surface area contributed by atoms with Crippen molar-refractivity contribution in [3.63, 3.8) is 0 Å². The van der Waals surface area contributed by atoms with Crippen LogP contribution in [0.5, 0.6) is 5.75 Å². The Morgan fingerprint density at radius 2 is 2.21 bits per heavy atom. The second kappa shape index (κ2) is 6.02. The van der Waals surface area contributed by atoms with Gasteiger partial charge in [0.2, 0.25) is 0 Å². The number of hydrogen-bond donors (Lipinski definition) is 1. The minimum absolute atomic E-state index is 0.0178. The molecule has 0 aliphatic heterocycles. The molecular formula is C13H10ClFN2OS. The first-order chi connectivity index (χ1) is 9.13. The van der Waals surface area contributed by atoms with Crippen molar-refractivity contribution >= 4 is 22.9 Å². The Morgan fingerprint density at radius 1 is 1.42 bits per heavy atom. The van der Waals surface area contributed by atoms with Crippen LogP contribution in [-0.2, 0) is 0 Å². The second-order valence-electron chi connectivity index (χ2n) is 3.74. The lowest BCUT2D eigenvalue weighted by Gasteiger charge is -2.16. The molecule has 0 amide bonds. The van der Waals surface area contributed by atoms with Crippen LogP contribution in [0.3, 0.4) is 0 Å². The van der Waals surface area contributed by atoms with Gasteiger partial charge in [0.25, 0.3) is 0 Å². The molecule has 3 nitrogen and oxygen atoms in total. The Hall–Kier alpha value is -1.61. The first-order valence-corrected chi connectivity index (χ1v) is 6.65. The molecule has 2 N–H and O–H groups in total. The molecule has 1 heterocycles. The summed E-state index contributed by atoms with van der Waals surface area (Å²) in [6, 6.07) is 9.43. The highest BCUT2D eigenvalue weighted by Gasteiger charge is 2.15. The standard InChI is InChI=1S/C13H10ClFN2OS/c14-13-4-3-12(19-13)11(7-17)18-9-2-1-8(6-16)10(15)5-9/h1-5,11H,7,17H2. The Labute approximate surface area is 119 Å². The highest BCUT2D eigenvalue weighted by atomic mass is 35.5. The van der Waals surface area contributed by atoms with E-state index in [9.17, 15) is 4.39 Å². The molecule has 98 valence electrons. The van der Waals surface area contributed by atoms with E-state index in [2.05, 4.69) is 0 Å². The monoisotopic (exact) mass is 296 g/mol. The van der Waals surface area contributed by atoms with Crippen LogP contribution in [0.25, 0.3) is 0 Å². The van der Waals surface area contributed by atoms with Crippen LogP contribution in [0.4, 0.5) is 4.39 Å². The topological polar surface area (TPSA) is 59.0 Å². The van der Waals surface area contributed by atoms with E-state index in [1.54, 1.807) is 18.2 Å². The number of nitriles is 1. The van der Waals surface area contributed by atoms with Crippen molar-refractivity contribution in [2.45, 2.75) is 6.10 Å². The van der Waals surface area contributed by atoms with Crippen molar-refractivity contribution in [2.24, 2.45) is 5.73 Å². The minimum atomic E-state index is -0.611. The van der Waals surface area contributed by atoms with Crippen LogP contribution in [0.15, 0.2) is 30.3 Å². The summed E-state index contributed by atoms with van der Waals surface area (Å²) in [6.45, 7) is 0.248. The summed E-state index contributed by atoms with van der Waals surface area (Å²) in [7, 11) is 0. The van der Waals surface area contributed by atoms with Crippen LogP contribution < -0.4 is 10.5 Å². The summed E-state index contributed by atoms with van der Waals surface area (Å²) < 4.78 is 19.7. The largest absolute Gasteiger partial charge is 0.483 e. The zero-order valence-electron chi connectivity index (χ0n) is 9.77. The van der Waals surface area contributed by atoms with Gasteiger partial charge >= 0.3 is 0 Å². The van der Waals surface area contributed by atoms with Crippen molar-refractivity contribution in [3.8, 4) is 11.8 Å². The average molecular weight is 297 g/mol. The van der Waals surface area contributed by atoms with Crippen molar-refractivity contribution in [3.05, 3.63) is 50.9 Å².